The Balaban J connectivity index is 1.74. The number of alkyl halides is 3. The summed E-state index contributed by atoms with van der Waals surface area (Å²) in [6, 6.07) is 8.22. The molecule has 0 spiro atoms. The highest BCUT2D eigenvalue weighted by molar-refractivity contribution is 6.02. The Morgan fingerprint density at radius 1 is 1.29 bits per heavy atom. The molecular formula is C18H17F3N6O. The number of benzene rings is 1. The predicted octanol–water partition coefficient (Wildman–Crippen LogP) is 3.22. The van der Waals surface area contributed by atoms with Gasteiger partial charge < -0.3 is 9.88 Å². The number of aromatic nitrogens is 5. The number of nitrogens with zero attached hydrogens (tertiary/aromatic N) is 5. The molecule has 10 heteroatoms. The van der Waals surface area contributed by atoms with Gasteiger partial charge in [-0.05, 0) is 29.7 Å². The fourth-order valence-electron chi connectivity index (χ4n) is 2.62. The zero-order valence-corrected chi connectivity index (χ0v) is 15.1. The molecule has 1 aromatic carbocycles. The van der Waals surface area contributed by atoms with Crippen molar-refractivity contribution in [3.63, 3.8) is 0 Å². The Morgan fingerprint density at radius 2 is 2.07 bits per heavy atom. The number of amides is 1. The minimum atomic E-state index is -4.72. The van der Waals surface area contributed by atoms with Crippen LogP contribution in [0.2, 0.25) is 0 Å². The highest BCUT2D eigenvalue weighted by Gasteiger charge is 2.35. The summed E-state index contributed by atoms with van der Waals surface area (Å²) in [6.45, 7) is 2.01. The lowest BCUT2D eigenvalue weighted by molar-refractivity contribution is -0.145. The van der Waals surface area contributed by atoms with Crippen LogP contribution in [0.15, 0.2) is 42.9 Å². The molecule has 0 aliphatic carbocycles. The molecule has 0 radical (unpaired) electrons. The van der Waals surface area contributed by atoms with E-state index in [0.717, 1.165) is 23.7 Å². The van der Waals surface area contributed by atoms with Crippen LogP contribution in [0.5, 0.6) is 0 Å². The molecule has 0 saturated carbocycles. The molecule has 3 rings (SSSR count). The maximum absolute atomic E-state index is 12.7. The van der Waals surface area contributed by atoms with Gasteiger partial charge in [-0.15, -0.1) is 10.2 Å². The zero-order chi connectivity index (χ0) is 20.3. The van der Waals surface area contributed by atoms with E-state index < -0.39 is 17.9 Å². The van der Waals surface area contributed by atoms with Gasteiger partial charge in [0.05, 0.1) is 0 Å². The molecule has 0 unspecified atom stereocenters. The first kappa shape index (κ1) is 19.5. The lowest BCUT2D eigenvalue weighted by Crippen LogP contribution is -2.18. The molecular weight excluding hydrogens is 373 g/mol. The van der Waals surface area contributed by atoms with E-state index in [1.165, 1.54) is 0 Å². The molecule has 0 aliphatic rings. The molecule has 1 N–H and O–H groups in total. The van der Waals surface area contributed by atoms with Gasteiger partial charge in [-0.1, -0.05) is 19.1 Å². The molecule has 1 amide bonds. The summed E-state index contributed by atoms with van der Waals surface area (Å²) < 4.78 is 40.0. The van der Waals surface area contributed by atoms with E-state index in [1.54, 1.807) is 24.5 Å². The smallest absolute Gasteiger partial charge is 0.321 e. The molecule has 3 aromatic rings. The van der Waals surface area contributed by atoms with E-state index in [9.17, 15) is 18.0 Å². The fourth-order valence-corrected chi connectivity index (χ4v) is 2.62. The van der Waals surface area contributed by atoms with Crippen LogP contribution in [0.1, 0.15) is 40.5 Å². The largest absolute Gasteiger partial charge is 0.451 e. The number of hydrogen-bond donors (Lipinski definition) is 1. The molecule has 28 heavy (non-hydrogen) atoms. The third-order valence-corrected chi connectivity index (χ3v) is 4.15. The second kappa shape index (κ2) is 7.75. The lowest BCUT2D eigenvalue weighted by atomic mass is 9.97. The molecule has 0 bridgehead atoms. The minimum Gasteiger partial charge on any atom is -0.321 e. The second-order valence-corrected chi connectivity index (χ2v) is 6.31. The van der Waals surface area contributed by atoms with Crippen molar-refractivity contribution in [2.45, 2.75) is 25.4 Å². The standard InChI is InChI=1S/C18H17F3N6O/c1-11(8-15-26-23-10-27(15)2)12-4-3-5-13(9-12)24-16(28)14-6-7-22-17(25-14)18(19,20)21/h3-7,9-11H,8H2,1-2H3,(H,24,28)/t11-/m1/s1. The number of hydrogen-bond acceptors (Lipinski definition) is 5. The third-order valence-electron chi connectivity index (χ3n) is 4.15. The van der Waals surface area contributed by atoms with Crippen molar-refractivity contribution in [3.8, 4) is 0 Å². The predicted molar refractivity (Wildman–Crippen MR) is 94.6 cm³/mol. The van der Waals surface area contributed by atoms with Gasteiger partial charge in [0, 0.05) is 25.4 Å². The first-order chi connectivity index (χ1) is 13.2. The normalized spacial score (nSPS) is 12.6. The van der Waals surface area contributed by atoms with E-state index in [-0.39, 0.29) is 11.6 Å². The maximum Gasteiger partial charge on any atom is 0.451 e. The number of nitrogens with one attached hydrogen (secondary N) is 1. The monoisotopic (exact) mass is 390 g/mol. The minimum absolute atomic E-state index is 0.0932. The maximum atomic E-state index is 12.7. The number of carbonyl (C=O) groups excluding carboxylic acids is 1. The average Bonchev–Trinajstić information content (AvgIpc) is 3.06. The topological polar surface area (TPSA) is 85.6 Å². The SMILES string of the molecule is C[C@H](Cc1nncn1C)c1cccc(NC(=O)c2ccnc(C(F)(F)F)n2)c1. The molecule has 1 atom stereocenters. The summed E-state index contributed by atoms with van der Waals surface area (Å²) in [5.41, 5.74) is 1.04. The highest BCUT2D eigenvalue weighted by atomic mass is 19.4. The van der Waals surface area contributed by atoms with E-state index in [4.69, 9.17) is 0 Å². The van der Waals surface area contributed by atoms with Gasteiger partial charge in [0.1, 0.15) is 17.8 Å². The van der Waals surface area contributed by atoms with Gasteiger partial charge in [-0.3, -0.25) is 4.79 Å². The van der Waals surface area contributed by atoms with Crippen LogP contribution in [0.4, 0.5) is 18.9 Å². The van der Waals surface area contributed by atoms with Crippen LogP contribution in [0.25, 0.3) is 0 Å². The van der Waals surface area contributed by atoms with Crippen LogP contribution in [-0.4, -0.2) is 30.6 Å². The molecule has 0 aliphatic heterocycles. The molecule has 2 heterocycles. The highest BCUT2D eigenvalue weighted by Crippen LogP contribution is 2.26. The van der Waals surface area contributed by atoms with Crippen molar-refractivity contribution in [1.82, 2.24) is 24.7 Å². The zero-order valence-electron chi connectivity index (χ0n) is 15.1. The number of aryl methyl sites for hydroxylation is 1. The van der Waals surface area contributed by atoms with E-state index in [2.05, 4.69) is 25.5 Å². The summed E-state index contributed by atoms with van der Waals surface area (Å²) >= 11 is 0. The van der Waals surface area contributed by atoms with Gasteiger partial charge in [-0.25, -0.2) is 9.97 Å². The van der Waals surface area contributed by atoms with Crippen molar-refractivity contribution in [2.75, 3.05) is 5.32 Å². The summed E-state index contributed by atoms with van der Waals surface area (Å²) in [7, 11) is 1.86. The fraction of sp³-hybridized carbons (Fsp3) is 0.278. The van der Waals surface area contributed by atoms with E-state index in [0.29, 0.717) is 12.1 Å². The number of rotatable bonds is 5. The van der Waals surface area contributed by atoms with Crippen molar-refractivity contribution < 1.29 is 18.0 Å². The van der Waals surface area contributed by atoms with Gasteiger partial charge in [0.25, 0.3) is 5.91 Å². The summed E-state index contributed by atoms with van der Waals surface area (Å²) in [6.07, 6.45) is -1.54. The Hall–Kier alpha value is -3.30. The third kappa shape index (κ3) is 4.51. The van der Waals surface area contributed by atoms with E-state index in [1.807, 2.05) is 24.6 Å². The van der Waals surface area contributed by atoms with Crippen molar-refractivity contribution >= 4 is 11.6 Å². The Morgan fingerprint density at radius 3 is 2.75 bits per heavy atom. The Labute approximate surface area is 158 Å². The van der Waals surface area contributed by atoms with Gasteiger partial charge in [0.2, 0.25) is 5.82 Å². The molecule has 0 fully saturated rings. The van der Waals surface area contributed by atoms with E-state index >= 15 is 0 Å². The number of halogens is 3. The second-order valence-electron chi connectivity index (χ2n) is 6.31. The average molecular weight is 390 g/mol. The quantitative estimate of drug-likeness (QED) is 0.723. The van der Waals surface area contributed by atoms with Crippen LogP contribution in [0.3, 0.4) is 0 Å². The number of anilines is 1. The number of carbonyl (C=O) groups is 1. The molecule has 7 nitrogen and oxygen atoms in total. The van der Waals surface area contributed by atoms with Crippen LogP contribution < -0.4 is 5.32 Å². The molecule has 146 valence electrons. The molecule has 0 saturated heterocycles. The van der Waals surface area contributed by atoms with Crippen LogP contribution in [-0.2, 0) is 19.6 Å². The first-order valence-corrected chi connectivity index (χ1v) is 8.38. The first-order valence-electron chi connectivity index (χ1n) is 8.38. The van der Waals surface area contributed by atoms with Gasteiger partial charge in [-0.2, -0.15) is 13.2 Å². The van der Waals surface area contributed by atoms with Gasteiger partial charge >= 0.3 is 6.18 Å². The Kier molecular flexibility index (Phi) is 5.39. The van der Waals surface area contributed by atoms with Crippen molar-refractivity contribution in [1.29, 1.82) is 0 Å². The lowest BCUT2D eigenvalue weighted by Gasteiger charge is -2.13. The summed E-state index contributed by atoms with van der Waals surface area (Å²) in [5, 5.41) is 10.5. The van der Waals surface area contributed by atoms with Crippen molar-refractivity contribution in [3.05, 3.63) is 65.8 Å². The van der Waals surface area contributed by atoms with Gasteiger partial charge in [0.15, 0.2) is 0 Å². The summed E-state index contributed by atoms with van der Waals surface area (Å²) in [4.78, 5) is 18.7. The Bertz CT molecular complexity index is 985. The van der Waals surface area contributed by atoms with Crippen LogP contribution >= 0.6 is 0 Å². The summed E-state index contributed by atoms with van der Waals surface area (Å²) in [5.74, 6) is -1.18. The van der Waals surface area contributed by atoms with Crippen LogP contribution in [0, 0.1) is 0 Å². The molecule has 2 aromatic heterocycles. The van der Waals surface area contributed by atoms with Crippen molar-refractivity contribution in [2.24, 2.45) is 7.05 Å².